The number of benzene rings is 1. The van der Waals surface area contributed by atoms with Gasteiger partial charge in [0.15, 0.2) is 0 Å². The lowest BCUT2D eigenvalue weighted by molar-refractivity contribution is -0.150. The Balaban J connectivity index is 1.21. The van der Waals surface area contributed by atoms with Crippen LogP contribution in [0.4, 0.5) is 0 Å². The van der Waals surface area contributed by atoms with Crippen LogP contribution >= 0.6 is 0 Å². The molecule has 1 atom stereocenters. The molecule has 1 aromatic carbocycles. The molecule has 0 radical (unpaired) electrons. The zero-order valence-electron chi connectivity index (χ0n) is 15.9. The Morgan fingerprint density at radius 3 is 2.52 bits per heavy atom. The molecular formula is C21H28N2O4. The van der Waals surface area contributed by atoms with E-state index in [0.717, 1.165) is 31.4 Å². The first-order valence-electron chi connectivity index (χ1n) is 10.0. The molecule has 3 aliphatic rings. The van der Waals surface area contributed by atoms with Crippen molar-refractivity contribution in [1.82, 2.24) is 9.80 Å². The van der Waals surface area contributed by atoms with E-state index in [2.05, 4.69) is 0 Å². The van der Waals surface area contributed by atoms with Gasteiger partial charge in [-0.25, -0.2) is 0 Å². The molecule has 0 saturated carbocycles. The minimum absolute atomic E-state index is 0.0264. The molecule has 3 fully saturated rings. The molecule has 3 saturated heterocycles. The van der Waals surface area contributed by atoms with Crippen LogP contribution in [0.2, 0.25) is 0 Å². The summed E-state index contributed by atoms with van der Waals surface area (Å²) in [4.78, 5) is 28.9. The molecule has 27 heavy (non-hydrogen) atoms. The maximum Gasteiger partial charge on any atom is 0.251 e. The molecule has 2 amide bonds. The molecule has 3 heterocycles. The predicted molar refractivity (Wildman–Crippen MR) is 100 cm³/mol. The minimum Gasteiger partial charge on any atom is -0.487 e. The smallest absolute Gasteiger partial charge is 0.251 e. The molecule has 0 aliphatic carbocycles. The SMILES string of the molecule is Cc1cccc(OC2CN(C(=O)C3CCN(C(=O)[C@H]4CCCO4)CC3)C2)c1. The largest absolute Gasteiger partial charge is 0.487 e. The standard InChI is InChI=1S/C21H28N2O4/c1-15-4-2-5-17(12-15)27-18-13-23(14-18)20(24)16-7-9-22(10-8-16)21(25)19-6-3-11-26-19/h2,4-5,12,16,18-19H,3,6-11,13-14H2,1H3/t19-/m1/s1. The number of carbonyl (C=O) groups is 2. The van der Waals surface area contributed by atoms with Gasteiger partial charge in [0.1, 0.15) is 18.0 Å². The molecule has 0 unspecified atom stereocenters. The van der Waals surface area contributed by atoms with Gasteiger partial charge in [0.25, 0.3) is 5.91 Å². The van der Waals surface area contributed by atoms with Gasteiger partial charge >= 0.3 is 0 Å². The van der Waals surface area contributed by atoms with E-state index in [4.69, 9.17) is 9.47 Å². The van der Waals surface area contributed by atoms with Crippen molar-refractivity contribution in [1.29, 1.82) is 0 Å². The summed E-state index contributed by atoms with van der Waals surface area (Å²) in [5.41, 5.74) is 1.17. The molecular weight excluding hydrogens is 344 g/mol. The topological polar surface area (TPSA) is 59.1 Å². The van der Waals surface area contributed by atoms with E-state index >= 15 is 0 Å². The summed E-state index contributed by atoms with van der Waals surface area (Å²) >= 11 is 0. The van der Waals surface area contributed by atoms with Crippen LogP contribution in [0, 0.1) is 12.8 Å². The average molecular weight is 372 g/mol. The summed E-state index contributed by atoms with van der Waals surface area (Å²) in [7, 11) is 0. The number of likely N-dealkylation sites (tertiary alicyclic amines) is 2. The fourth-order valence-corrected chi connectivity index (χ4v) is 4.15. The molecule has 6 heteroatoms. The van der Waals surface area contributed by atoms with Crippen LogP contribution in [0.1, 0.15) is 31.2 Å². The van der Waals surface area contributed by atoms with Crippen molar-refractivity contribution in [3.05, 3.63) is 29.8 Å². The van der Waals surface area contributed by atoms with Gasteiger partial charge in [-0.3, -0.25) is 9.59 Å². The zero-order chi connectivity index (χ0) is 18.8. The van der Waals surface area contributed by atoms with Crippen LogP contribution in [0.5, 0.6) is 5.75 Å². The highest BCUT2D eigenvalue weighted by Gasteiger charge is 2.38. The number of piperidine rings is 1. The third kappa shape index (κ3) is 4.10. The molecule has 3 aliphatic heterocycles. The summed E-state index contributed by atoms with van der Waals surface area (Å²) < 4.78 is 11.4. The van der Waals surface area contributed by atoms with Gasteiger partial charge in [-0.05, 0) is 50.3 Å². The number of carbonyl (C=O) groups excluding carboxylic acids is 2. The second-order valence-corrected chi connectivity index (χ2v) is 7.90. The first kappa shape index (κ1) is 18.3. The van der Waals surface area contributed by atoms with Crippen LogP contribution in [0.25, 0.3) is 0 Å². The summed E-state index contributed by atoms with van der Waals surface area (Å²) in [5.74, 6) is 1.21. The Hall–Kier alpha value is -2.08. The summed E-state index contributed by atoms with van der Waals surface area (Å²) in [5, 5.41) is 0. The van der Waals surface area contributed by atoms with E-state index < -0.39 is 0 Å². The first-order valence-corrected chi connectivity index (χ1v) is 10.0. The van der Waals surface area contributed by atoms with Gasteiger partial charge in [0, 0.05) is 25.6 Å². The fourth-order valence-electron chi connectivity index (χ4n) is 4.15. The van der Waals surface area contributed by atoms with E-state index in [0.29, 0.717) is 32.8 Å². The van der Waals surface area contributed by atoms with Crippen LogP contribution < -0.4 is 4.74 Å². The van der Waals surface area contributed by atoms with Crippen molar-refractivity contribution in [3.8, 4) is 5.75 Å². The monoisotopic (exact) mass is 372 g/mol. The quantitative estimate of drug-likeness (QED) is 0.811. The number of amides is 2. The second kappa shape index (κ2) is 7.89. The molecule has 0 bridgehead atoms. The summed E-state index contributed by atoms with van der Waals surface area (Å²) in [6.07, 6.45) is 3.11. The third-order valence-corrected chi connectivity index (χ3v) is 5.81. The van der Waals surface area contributed by atoms with Gasteiger partial charge in [0.2, 0.25) is 5.91 Å². The maximum absolute atomic E-state index is 12.7. The summed E-state index contributed by atoms with van der Waals surface area (Å²) in [6.45, 7) is 5.35. The van der Waals surface area contributed by atoms with Gasteiger partial charge in [-0.1, -0.05) is 12.1 Å². The first-order chi connectivity index (χ1) is 13.1. The van der Waals surface area contributed by atoms with Crippen molar-refractivity contribution in [2.45, 2.75) is 44.8 Å². The van der Waals surface area contributed by atoms with E-state index in [1.54, 1.807) is 0 Å². The molecule has 0 aromatic heterocycles. The van der Waals surface area contributed by atoms with Crippen molar-refractivity contribution < 1.29 is 19.1 Å². The number of ether oxygens (including phenoxy) is 2. The second-order valence-electron chi connectivity index (χ2n) is 7.90. The highest BCUT2D eigenvalue weighted by Crippen LogP contribution is 2.26. The molecule has 0 spiro atoms. The highest BCUT2D eigenvalue weighted by atomic mass is 16.5. The minimum atomic E-state index is -0.257. The van der Waals surface area contributed by atoms with Gasteiger partial charge in [-0.15, -0.1) is 0 Å². The van der Waals surface area contributed by atoms with E-state index in [1.165, 1.54) is 5.56 Å². The van der Waals surface area contributed by atoms with Crippen LogP contribution in [-0.4, -0.2) is 66.6 Å². The lowest BCUT2D eigenvalue weighted by Crippen LogP contribution is -2.58. The van der Waals surface area contributed by atoms with E-state index in [9.17, 15) is 9.59 Å². The number of rotatable bonds is 4. The Kier molecular flexibility index (Phi) is 5.34. The van der Waals surface area contributed by atoms with Gasteiger partial charge in [0.05, 0.1) is 13.1 Å². The zero-order valence-corrected chi connectivity index (χ0v) is 15.9. The number of hydrogen-bond donors (Lipinski definition) is 0. The normalized spacial score (nSPS) is 24.0. The van der Waals surface area contributed by atoms with E-state index in [-0.39, 0.29) is 29.9 Å². The molecule has 0 N–H and O–H groups in total. The Labute approximate surface area is 160 Å². The molecule has 1 aromatic rings. The maximum atomic E-state index is 12.7. The van der Waals surface area contributed by atoms with Crippen molar-refractivity contribution in [2.24, 2.45) is 5.92 Å². The van der Waals surface area contributed by atoms with Crippen LogP contribution in [0.15, 0.2) is 24.3 Å². The van der Waals surface area contributed by atoms with Crippen molar-refractivity contribution in [3.63, 3.8) is 0 Å². The number of aryl methyl sites for hydroxylation is 1. The Bertz CT molecular complexity index is 687. The Morgan fingerprint density at radius 1 is 1.07 bits per heavy atom. The predicted octanol–water partition coefficient (Wildman–Crippen LogP) is 2.00. The van der Waals surface area contributed by atoms with Gasteiger partial charge < -0.3 is 19.3 Å². The van der Waals surface area contributed by atoms with Crippen molar-refractivity contribution >= 4 is 11.8 Å². The molecule has 6 nitrogen and oxygen atoms in total. The van der Waals surface area contributed by atoms with Crippen LogP contribution in [0.3, 0.4) is 0 Å². The Morgan fingerprint density at radius 2 is 1.85 bits per heavy atom. The average Bonchev–Trinajstić information content (AvgIpc) is 3.18. The highest BCUT2D eigenvalue weighted by molar-refractivity contribution is 5.83. The fraction of sp³-hybridized carbons (Fsp3) is 0.619. The lowest BCUT2D eigenvalue weighted by atomic mass is 9.93. The lowest BCUT2D eigenvalue weighted by Gasteiger charge is -2.42. The van der Waals surface area contributed by atoms with E-state index in [1.807, 2.05) is 41.0 Å². The third-order valence-electron chi connectivity index (χ3n) is 5.81. The number of nitrogens with zero attached hydrogens (tertiary/aromatic N) is 2. The molecule has 4 rings (SSSR count). The van der Waals surface area contributed by atoms with Crippen molar-refractivity contribution in [2.75, 3.05) is 32.8 Å². The number of hydrogen-bond acceptors (Lipinski definition) is 4. The van der Waals surface area contributed by atoms with Crippen LogP contribution in [-0.2, 0) is 14.3 Å². The van der Waals surface area contributed by atoms with Gasteiger partial charge in [-0.2, -0.15) is 0 Å². The molecule has 146 valence electrons. The summed E-state index contributed by atoms with van der Waals surface area (Å²) in [6, 6.07) is 8.00.